The third kappa shape index (κ3) is 3.66. The average molecular weight is 289 g/mol. The van der Waals surface area contributed by atoms with E-state index in [4.69, 9.17) is 0 Å². The lowest BCUT2D eigenvalue weighted by atomic mass is 10.3. The van der Waals surface area contributed by atoms with Gasteiger partial charge < -0.3 is 15.1 Å². The molecule has 0 aliphatic carbocycles. The van der Waals surface area contributed by atoms with Crippen molar-refractivity contribution >= 4 is 21.7 Å². The molecule has 2 rings (SSSR count). The molecule has 2 aliphatic rings. The molecule has 0 unspecified atom stereocenters. The minimum atomic E-state index is -3.03. The van der Waals surface area contributed by atoms with Crippen LogP contribution in [0.25, 0.3) is 0 Å². The number of carbonyl (C=O) groups is 2. The van der Waals surface area contributed by atoms with E-state index in [1.54, 1.807) is 4.90 Å². The average Bonchev–Trinajstić information content (AvgIpc) is 2.66. The summed E-state index contributed by atoms with van der Waals surface area (Å²) in [5.74, 6) is -1.18. The second kappa shape index (κ2) is 5.87. The predicted molar refractivity (Wildman–Crippen MR) is 69.3 cm³/mol. The highest BCUT2D eigenvalue weighted by Gasteiger charge is 2.31. The molecule has 0 spiro atoms. The first kappa shape index (κ1) is 14.3. The zero-order valence-corrected chi connectivity index (χ0v) is 11.6. The summed E-state index contributed by atoms with van der Waals surface area (Å²) in [7, 11) is -3.03. The van der Waals surface area contributed by atoms with E-state index in [9.17, 15) is 18.0 Å². The van der Waals surface area contributed by atoms with E-state index in [0.29, 0.717) is 19.6 Å². The molecule has 8 heteroatoms. The van der Waals surface area contributed by atoms with Crippen LogP contribution in [0, 0.1) is 0 Å². The van der Waals surface area contributed by atoms with Gasteiger partial charge in [0.25, 0.3) is 0 Å². The number of rotatable bonds is 0. The quantitative estimate of drug-likeness (QED) is 0.525. The first-order valence-corrected chi connectivity index (χ1v) is 8.31. The summed E-state index contributed by atoms with van der Waals surface area (Å²) in [5.41, 5.74) is 0. The molecule has 0 aromatic rings. The van der Waals surface area contributed by atoms with E-state index >= 15 is 0 Å². The normalized spacial score (nSPS) is 23.8. The summed E-state index contributed by atoms with van der Waals surface area (Å²) < 4.78 is 22.6. The molecular formula is C11H19N3O4S. The molecule has 0 saturated carbocycles. The minimum absolute atomic E-state index is 0.0480. The zero-order chi connectivity index (χ0) is 13.9. The SMILES string of the molecule is O=C(C(=O)N1CCS(=O)(=O)CC1)N1CCCNCC1. The fourth-order valence-electron chi connectivity index (χ4n) is 2.23. The van der Waals surface area contributed by atoms with Crippen LogP contribution in [0.3, 0.4) is 0 Å². The summed E-state index contributed by atoms with van der Waals surface area (Å²) in [6, 6.07) is 0. The first-order chi connectivity index (χ1) is 8.99. The van der Waals surface area contributed by atoms with Gasteiger partial charge in [0.05, 0.1) is 11.5 Å². The number of carbonyl (C=O) groups excluding carboxylic acids is 2. The van der Waals surface area contributed by atoms with Crippen molar-refractivity contribution in [1.29, 1.82) is 0 Å². The Bertz CT molecular complexity index is 441. The van der Waals surface area contributed by atoms with Crippen molar-refractivity contribution in [3.63, 3.8) is 0 Å². The molecule has 2 fully saturated rings. The van der Waals surface area contributed by atoms with Gasteiger partial charge in [0.2, 0.25) is 0 Å². The van der Waals surface area contributed by atoms with Crippen molar-refractivity contribution in [2.75, 3.05) is 50.8 Å². The lowest BCUT2D eigenvalue weighted by Gasteiger charge is -2.28. The Morgan fingerprint density at radius 1 is 0.842 bits per heavy atom. The molecule has 2 saturated heterocycles. The minimum Gasteiger partial charge on any atom is -0.333 e. The molecule has 0 aromatic carbocycles. The van der Waals surface area contributed by atoms with Gasteiger partial charge in [-0.15, -0.1) is 0 Å². The van der Waals surface area contributed by atoms with Crippen LogP contribution in [0.15, 0.2) is 0 Å². The fourth-order valence-corrected chi connectivity index (χ4v) is 3.44. The molecule has 1 N–H and O–H groups in total. The molecule has 19 heavy (non-hydrogen) atoms. The Kier molecular flexibility index (Phi) is 4.41. The maximum atomic E-state index is 12.1. The Balaban J connectivity index is 1.93. The Morgan fingerprint density at radius 2 is 1.42 bits per heavy atom. The van der Waals surface area contributed by atoms with Crippen molar-refractivity contribution in [3.8, 4) is 0 Å². The predicted octanol–water partition coefficient (Wildman–Crippen LogP) is -1.93. The van der Waals surface area contributed by atoms with E-state index in [1.165, 1.54) is 4.90 Å². The van der Waals surface area contributed by atoms with Crippen LogP contribution in [0.4, 0.5) is 0 Å². The molecule has 2 heterocycles. The van der Waals surface area contributed by atoms with Gasteiger partial charge in [0, 0.05) is 32.7 Å². The second-order valence-electron chi connectivity index (χ2n) is 4.84. The molecule has 0 bridgehead atoms. The van der Waals surface area contributed by atoms with Gasteiger partial charge in [-0.2, -0.15) is 0 Å². The van der Waals surface area contributed by atoms with Gasteiger partial charge in [-0.3, -0.25) is 9.59 Å². The molecule has 0 atom stereocenters. The fraction of sp³-hybridized carbons (Fsp3) is 0.818. The smallest absolute Gasteiger partial charge is 0.312 e. The van der Waals surface area contributed by atoms with Crippen molar-refractivity contribution < 1.29 is 18.0 Å². The van der Waals surface area contributed by atoms with Crippen LogP contribution < -0.4 is 5.32 Å². The van der Waals surface area contributed by atoms with Crippen LogP contribution in [0.1, 0.15) is 6.42 Å². The van der Waals surface area contributed by atoms with Gasteiger partial charge >= 0.3 is 11.8 Å². The van der Waals surface area contributed by atoms with Gasteiger partial charge in [-0.1, -0.05) is 0 Å². The third-order valence-electron chi connectivity index (χ3n) is 3.44. The van der Waals surface area contributed by atoms with E-state index < -0.39 is 21.7 Å². The highest BCUT2D eigenvalue weighted by atomic mass is 32.2. The summed E-state index contributed by atoms with van der Waals surface area (Å²) >= 11 is 0. The van der Waals surface area contributed by atoms with Crippen molar-refractivity contribution in [3.05, 3.63) is 0 Å². The maximum absolute atomic E-state index is 12.1. The summed E-state index contributed by atoms with van der Waals surface area (Å²) in [6.45, 7) is 2.88. The van der Waals surface area contributed by atoms with Gasteiger partial charge in [0.1, 0.15) is 0 Å². The molecule has 7 nitrogen and oxygen atoms in total. The highest BCUT2D eigenvalue weighted by Crippen LogP contribution is 2.06. The van der Waals surface area contributed by atoms with Gasteiger partial charge in [-0.25, -0.2) is 8.42 Å². The number of hydrogen-bond acceptors (Lipinski definition) is 5. The highest BCUT2D eigenvalue weighted by molar-refractivity contribution is 7.91. The van der Waals surface area contributed by atoms with E-state index in [0.717, 1.165) is 13.0 Å². The van der Waals surface area contributed by atoms with Crippen LogP contribution in [-0.4, -0.2) is 80.8 Å². The largest absolute Gasteiger partial charge is 0.333 e. The molecule has 2 amide bonds. The van der Waals surface area contributed by atoms with E-state index in [-0.39, 0.29) is 24.6 Å². The Labute approximate surface area is 112 Å². The topological polar surface area (TPSA) is 86.8 Å². The number of hydrogen-bond donors (Lipinski definition) is 1. The monoisotopic (exact) mass is 289 g/mol. The van der Waals surface area contributed by atoms with Gasteiger partial charge in [-0.05, 0) is 13.0 Å². The van der Waals surface area contributed by atoms with Crippen LogP contribution in [0.2, 0.25) is 0 Å². The van der Waals surface area contributed by atoms with E-state index in [1.807, 2.05) is 0 Å². The molecule has 0 radical (unpaired) electrons. The summed E-state index contributed by atoms with van der Waals surface area (Å²) in [6.07, 6.45) is 0.827. The number of sulfone groups is 1. The summed E-state index contributed by atoms with van der Waals surface area (Å²) in [5, 5.41) is 3.16. The number of nitrogens with one attached hydrogen (secondary N) is 1. The lowest BCUT2D eigenvalue weighted by Crippen LogP contribution is -2.51. The summed E-state index contributed by atoms with van der Waals surface area (Å²) in [4.78, 5) is 27.0. The molecule has 0 aromatic heterocycles. The lowest BCUT2D eigenvalue weighted by molar-refractivity contribution is -0.151. The number of nitrogens with zero attached hydrogens (tertiary/aromatic N) is 2. The van der Waals surface area contributed by atoms with Crippen molar-refractivity contribution in [2.24, 2.45) is 0 Å². The number of amides is 2. The maximum Gasteiger partial charge on any atom is 0.312 e. The molecule has 2 aliphatic heterocycles. The Hall–Kier alpha value is -1.15. The zero-order valence-electron chi connectivity index (χ0n) is 10.8. The standard InChI is InChI=1S/C11H19N3O4S/c15-10(13-4-1-2-12-3-5-13)11(16)14-6-8-19(17,18)9-7-14/h12H,1-9H2. The third-order valence-corrected chi connectivity index (χ3v) is 5.05. The van der Waals surface area contributed by atoms with Crippen molar-refractivity contribution in [1.82, 2.24) is 15.1 Å². The second-order valence-corrected chi connectivity index (χ2v) is 7.14. The molecule has 108 valence electrons. The Morgan fingerprint density at radius 3 is 2.05 bits per heavy atom. The molecular weight excluding hydrogens is 270 g/mol. The van der Waals surface area contributed by atoms with E-state index in [2.05, 4.69) is 5.32 Å². The van der Waals surface area contributed by atoms with Crippen LogP contribution in [-0.2, 0) is 19.4 Å². The van der Waals surface area contributed by atoms with Crippen molar-refractivity contribution in [2.45, 2.75) is 6.42 Å². The van der Waals surface area contributed by atoms with Crippen LogP contribution >= 0.6 is 0 Å². The van der Waals surface area contributed by atoms with Crippen LogP contribution in [0.5, 0.6) is 0 Å². The first-order valence-electron chi connectivity index (χ1n) is 6.49. The van der Waals surface area contributed by atoms with Gasteiger partial charge in [0.15, 0.2) is 9.84 Å².